The van der Waals surface area contributed by atoms with Crippen LogP contribution < -0.4 is 5.73 Å². The van der Waals surface area contributed by atoms with Crippen molar-refractivity contribution in [1.82, 2.24) is 4.98 Å². The number of pyridine rings is 1. The van der Waals surface area contributed by atoms with Crippen LogP contribution in [0, 0.1) is 13.8 Å². The molecule has 104 valence electrons. The summed E-state index contributed by atoms with van der Waals surface area (Å²) in [5.41, 5.74) is 6.65. The van der Waals surface area contributed by atoms with Gasteiger partial charge in [0.2, 0.25) is 0 Å². The number of nitrogens with zero attached hydrogens (tertiary/aromatic N) is 1. The molecule has 0 spiro atoms. The van der Waals surface area contributed by atoms with E-state index in [0.29, 0.717) is 5.56 Å². The number of nitrogens with two attached hydrogens (primary N) is 1. The fourth-order valence-corrected chi connectivity index (χ4v) is 0.830. The highest BCUT2D eigenvalue weighted by Gasteiger charge is 2.05. The van der Waals surface area contributed by atoms with Crippen molar-refractivity contribution < 1.29 is 9.90 Å². The summed E-state index contributed by atoms with van der Waals surface area (Å²) in [6.45, 7) is 9.36. The van der Waals surface area contributed by atoms with Crippen molar-refractivity contribution in [2.45, 2.75) is 46.6 Å². The van der Waals surface area contributed by atoms with Crippen molar-refractivity contribution >= 4 is 6.29 Å². The average molecular weight is 254 g/mol. The van der Waals surface area contributed by atoms with Gasteiger partial charge in [0.25, 0.3) is 0 Å². The van der Waals surface area contributed by atoms with Crippen LogP contribution >= 0.6 is 0 Å². The monoisotopic (exact) mass is 254 g/mol. The van der Waals surface area contributed by atoms with Gasteiger partial charge in [-0.1, -0.05) is 6.92 Å². The molecule has 0 saturated carbocycles. The van der Waals surface area contributed by atoms with Crippen molar-refractivity contribution in [3.63, 3.8) is 0 Å². The Labute approximate surface area is 110 Å². The second-order valence-corrected chi connectivity index (χ2v) is 4.47. The first kappa shape index (κ1) is 19.1. The number of aliphatic hydroxyl groups is 1. The molecule has 0 amide bonds. The first-order valence-corrected chi connectivity index (χ1v) is 5.98. The van der Waals surface area contributed by atoms with Crippen LogP contribution in [-0.4, -0.2) is 29.0 Å². The van der Waals surface area contributed by atoms with Crippen molar-refractivity contribution in [3.05, 3.63) is 29.1 Å². The zero-order chi connectivity index (χ0) is 14.8. The van der Waals surface area contributed by atoms with E-state index in [-0.39, 0.29) is 0 Å². The third-order valence-electron chi connectivity index (χ3n) is 2.28. The molecule has 0 aromatic carbocycles. The third kappa shape index (κ3) is 9.93. The molecule has 1 aromatic heterocycles. The number of hydrogen-bond donors (Lipinski definition) is 2. The Balaban J connectivity index is 0. The second kappa shape index (κ2) is 9.74. The van der Waals surface area contributed by atoms with E-state index in [4.69, 9.17) is 5.11 Å². The van der Waals surface area contributed by atoms with Crippen LogP contribution in [0.25, 0.3) is 0 Å². The van der Waals surface area contributed by atoms with Gasteiger partial charge >= 0.3 is 0 Å². The maximum Gasteiger partial charge on any atom is 0.151 e. The molecule has 1 aromatic rings. The van der Waals surface area contributed by atoms with Gasteiger partial charge in [0.15, 0.2) is 6.29 Å². The van der Waals surface area contributed by atoms with Crippen molar-refractivity contribution in [3.8, 4) is 0 Å². The van der Waals surface area contributed by atoms with E-state index < -0.39 is 5.60 Å². The van der Waals surface area contributed by atoms with E-state index in [9.17, 15) is 4.79 Å². The molecule has 0 fully saturated rings. The lowest BCUT2D eigenvalue weighted by Crippen LogP contribution is -2.15. The summed E-state index contributed by atoms with van der Waals surface area (Å²) >= 11 is 0. The summed E-state index contributed by atoms with van der Waals surface area (Å²) in [5, 5.41) is 8.83. The average Bonchev–Trinajstić information content (AvgIpc) is 2.32. The van der Waals surface area contributed by atoms with Gasteiger partial charge in [-0.15, -0.1) is 0 Å². The van der Waals surface area contributed by atoms with Crippen molar-refractivity contribution in [1.29, 1.82) is 0 Å². The molecule has 0 bridgehead atoms. The normalized spacial score (nSPS) is 9.56. The summed E-state index contributed by atoms with van der Waals surface area (Å²) in [4.78, 5) is 14.3. The van der Waals surface area contributed by atoms with Gasteiger partial charge in [0, 0.05) is 17.5 Å². The van der Waals surface area contributed by atoms with Crippen LogP contribution in [0.2, 0.25) is 0 Å². The Morgan fingerprint density at radius 3 is 2.11 bits per heavy atom. The summed E-state index contributed by atoms with van der Waals surface area (Å²) in [6.07, 6.45) is 3.24. The van der Waals surface area contributed by atoms with E-state index >= 15 is 0 Å². The molecule has 1 heterocycles. The lowest BCUT2D eigenvalue weighted by Gasteiger charge is -2.11. The summed E-state index contributed by atoms with van der Waals surface area (Å²) in [5.74, 6) is 0. The van der Waals surface area contributed by atoms with E-state index in [1.807, 2.05) is 26.8 Å². The molecule has 0 unspecified atom stereocenters. The standard InChI is InChI=1S/C8H9NO.C5H12O.CH5N/c1-6-3-7(2)9-4-8(6)5-10;1-4-5(2,3)6;1-2/h3-5H,1-2H3;6H,4H2,1-3H3;2H2,1H3. The first-order valence-electron chi connectivity index (χ1n) is 5.98. The minimum Gasteiger partial charge on any atom is -0.390 e. The number of carbonyl (C=O) groups excluding carboxylic acids is 1. The number of carbonyl (C=O) groups is 1. The van der Waals surface area contributed by atoms with Gasteiger partial charge in [-0.2, -0.15) is 0 Å². The fourth-order valence-electron chi connectivity index (χ4n) is 0.830. The van der Waals surface area contributed by atoms with Crippen LogP contribution in [0.5, 0.6) is 0 Å². The molecule has 0 aliphatic heterocycles. The molecule has 0 atom stereocenters. The van der Waals surface area contributed by atoms with Gasteiger partial charge in [0.1, 0.15) is 0 Å². The van der Waals surface area contributed by atoms with E-state index in [2.05, 4.69) is 10.7 Å². The van der Waals surface area contributed by atoms with Crippen LogP contribution in [-0.2, 0) is 0 Å². The maximum absolute atomic E-state index is 10.3. The molecular formula is C14H26N2O2. The Hall–Kier alpha value is -1.26. The predicted molar refractivity (Wildman–Crippen MR) is 75.8 cm³/mol. The lowest BCUT2D eigenvalue weighted by atomic mass is 10.1. The van der Waals surface area contributed by atoms with Crippen LogP contribution in [0.4, 0.5) is 0 Å². The molecule has 0 saturated heterocycles. The Morgan fingerprint density at radius 1 is 1.39 bits per heavy atom. The Kier molecular flexibility index (Phi) is 10.3. The zero-order valence-corrected chi connectivity index (χ0v) is 12.3. The highest BCUT2D eigenvalue weighted by atomic mass is 16.3. The maximum atomic E-state index is 10.3. The topological polar surface area (TPSA) is 76.2 Å². The summed E-state index contributed by atoms with van der Waals surface area (Å²) in [6, 6.07) is 1.89. The SMILES string of the molecule is CCC(C)(C)O.CN.Cc1cc(C)c(C=O)cn1. The van der Waals surface area contributed by atoms with Crippen LogP contribution in [0.1, 0.15) is 48.8 Å². The fraction of sp³-hybridized carbons (Fsp3) is 0.571. The molecule has 3 N–H and O–H groups in total. The lowest BCUT2D eigenvalue weighted by molar-refractivity contribution is 0.0765. The van der Waals surface area contributed by atoms with E-state index in [1.165, 1.54) is 7.05 Å². The number of rotatable bonds is 2. The smallest absolute Gasteiger partial charge is 0.151 e. The van der Waals surface area contributed by atoms with Gasteiger partial charge in [-0.3, -0.25) is 9.78 Å². The minimum absolute atomic E-state index is 0.458. The van der Waals surface area contributed by atoms with Gasteiger partial charge in [-0.05, 0) is 52.8 Å². The first-order chi connectivity index (χ1) is 8.30. The molecule has 1 rings (SSSR count). The number of aromatic nitrogens is 1. The molecule has 18 heavy (non-hydrogen) atoms. The number of hydrogen-bond acceptors (Lipinski definition) is 4. The Bertz CT molecular complexity index is 344. The van der Waals surface area contributed by atoms with Gasteiger partial charge in [-0.25, -0.2) is 0 Å². The zero-order valence-electron chi connectivity index (χ0n) is 12.3. The third-order valence-corrected chi connectivity index (χ3v) is 2.28. The predicted octanol–water partition coefficient (Wildman–Crippen LogP) is 2.25. The van der Waals surface area contributed by atoms with Crippen LogP contribution in [0.3, 0.4) is 0 Å². The summed E-state index contributed by atoms with van der Waals surface area (Å²) < 4.78 is 0. The van der Waals surface area contributed by atoms with Gasteiger partial charge < -0.3 is 10.8 Å². The minimum atomic E-state index is -0.458. The molecule has 4 nitrogen and oxygen atoms in total. The van der Waals surface area contributed by atoms with Gasteiger partial charge in [0.05, 0.1) is 5.60 Å². The highest BCUT2D eigenvalue weighted by Crippen LogP contribution is 2.04. The largest absolute Gasteiger partial charge is 0.390 e. The highest BCUT2D eigenvalue weighted by molar-refractivity contribution is 5.76. The van der Waals surface area contributed by atoms with E-state index in [1.54, 1.807) is 20.0 Å². The molecule has 0 aliphatic carbocycles. The number of aryl methyl sites for hydroxylation is 2. The van der Waals surface area contributed by atoms with E-state index in [0.717, 1.165) is 24.0 Å². The van der Waals surface area contributed by atoms with Crippen LogP contribution in [0.15, 0.2) is 12.3 Å². The molecule has 4 heteroatoms. The molecule has 0 aliphatic rings. The quantitative estimate of drug-likeness (QED) is 0.794. The number of aldehydes is 1. The molecule has 0 radical (unpaired) electrons. The molecular weight excluding hydrogens is 228 g/mol. The second-order valence-electron chi connectivity index (χ2n) is 4.47. The Morgan fingerprint density at radius 2 is 1.83 bits per heavy atom. The van der Waals surface area contributed by atoms with Crippen molar-refractivity contribution in [2.75, 3.05) is 7.05 Å². The summed E-state index contributed by atoms with van der Waals surface area (Å²) in [7, 11) is 1.50. The van der Waals surface area contributed by atoms with Crippen molar-refractivity contribution in [2.24, 2.45) is 5.73 Å².